The number of unbranched alkanes of at least 4 members (excludes halogenated alkanes) is 2. The summed E-state index contributed by atoms with van der Waals surface area (Å²) >= 11 is 2.47. The minimum Gasteiger partial charge on any atom is -0.772 e. The summed E-state index contributed by atoms with van der Waals surface area (Å²) < 4.78 is 20.1. The van der Waals surface area contributed by atoms with Crippen molar-refractivity contribution in [1.82, 2.24) is 0 Å². The molecule has 0 N–H and O–H groups in total. The Morgan fingerprint density at radius 2 is 2.18 bits per heavy atom. The Hall–Kier alpha value is -0.0900. The maximum atomic E-state index is 10.0. The summed E-state index contributed by atoms with van der Waals surface area (Å²) in [6, 6.07) is 0. The Labute approximate surface area is 74.2 Å². The molecule has 0 aliphatic rings. The molecule has 1 atom stereocenters. The third-order valence-electron chi connectivity index (χ3n) is 1.15. The van der Waals surface area contributed by atoms with Crippen molar-refractivity contribution in [2.45, 2.75) is 19.3 Å². The zero-order valence-corrected chi connectivity index (χ0v) is 7.75. The molecule has 3 nitrogen and oxygen atoms in total. The van der Waals surface area contributed by atoms with Crippen molar-refractivity contribution >= 4 is 28.5 Å². The molecule has 0 aromatic rings. The van der Waals surface area contributed by atoms with E-state index in [0.717, 1.165) is 12.8 Å². The SMILES string of the molecule is O=S([O-])CCCCCN=C=S. The predicted octanol–water partition coefficient (Wildman–Crippen LogP) is 1.14. The number of hydrogen-bond donors (Lipinski definition) is 0. The Balaban J connectivity index is 3.02. The second-order valence-electron chi connectivity index (χ2n) is 2.04. The molecule has 0 aliphatic heterocycles. The van der Waals surface area contributed by atoms with E-state index < -0.39 is 11.1 Å². The van der Waals surface area contributed by atoms with Crippen LogP contribution in [0.1, 0.15) is 19.3 Å². The van der Waals surface area contributed by atoms with E-state index in [0.29, 0.717) is 13.0 Å². The molecule has 0 aromatic heterocycles. The summed E-state index contributed by atoms with van der Waals surface area (Å²) in [6.45, 7) is 0.662. The molecule has 0 saturated carbocycles. The lowest BCUT2D eigenvalue weighted by atomic mass is 10.2. The maximum Gasteiger partial charge on any atom is 0.0584 e. The van der Waals surface area contributed by atoms with Gasteiger partial charge in [-0.2, -0.15) is 0 Å². The molecular weight excluding hydrogens is 182 g/mol. The van der Waals surface area contributed by atoms with E-state index in [2.05, 4.69) is 22.4 Å². The minimum atomic E-state index is -1.89. The highest BCUT2D eigenvalue weighted by atomic mass is 32.2. The van der Waals surface area contributed by atoms with Gasteiger partial charge < -0.3 is 4.55 Å². The van der Waals surface area contributed by atoms with Gasteiger partial charge in [-0.3, -0.25) is 4.21 Å². The summed E-state index contributed by atoms with van der Waals surface area (Å²) in [6.07, 6.45) is 2.48. The fourth-order valence-corrected chi connectivity index (χ4v) is 1.16. The van der Waals surface area contributed by atoms with Crippen LogP contribution in [0.2, 0.25) is 0 Å². The fourth-order valence-electron chi connectivity index (χ4n) is 0.633. The molecule has 0 aliphatic carbocycles. The number of rotatable bonds is 6. The van der Waals surface area contributed by atoms with Gasteiger partial charge in [0.05, 0.1) is 5.16 Å². The van der Waals surface area contributed by atoms with Gasteiger partial charge in [0.2, 0.25) is 0 Å². The number of hydrogen-bond acceptors (Lipinski definition) is 4. The van der Waals surface area contributed by atoms with Crippen molar-refractivity contribution in [2.75, 3.05) is 12.3 Å². The standard InChI is InChI=1S/C6H11NO2S2/c8-11(9)5-3-1-2-4-7-6-10/h1-5H2,(H,8,9)/p-1. The van der Waals surface area contributed by atoms with Crippen LogP contribution in [0.3, 0.4) is 0 Å². The highest BCUT2D eigenvalue weighted by Crippen LogP contribution is 1.96. The van der Waals surface area contributed by atoms with Crippen molar-refractivity contribution in [1.29, 1.82) is 0 Å². The lowest BCUT2D eigenvalue weighted by Gasteiger charge is -2.02. The third kappa shape index (κ3) is 9.91. The van der Waals surface area contributed by atoms with Gasteiger partial charge in [-0.05, 0) is 25.1 Å². The molecule has 0 amide bonds. The van der Waals surface area contributed by atoms with Crippen LogP contribution in [0, 0.1) is 0 Å². The first-order valence-corrected chi connectivity index (χ1v) is 5.02. The van der Waals surface area contributed by atoms with E-state index >= 15 is 0 Å². The maximum absolute atomic E-state index is 10.0. The summed E-state index contributed by atoms with van der Waals surface area (Å²) in [5, 5.41) is 2.25. The smallest absolute Gasteiger partial charge is 0.0584 e. The topological polar surface area (TPSA) is 52.5 Å². The van der Waals surface area contributed by atoms with Crippen LogP contribution >= 0.6 is 12.2 Å². The van der Waals surface area contributed by atoms with Crippen LogP contribution in [-0.4, -0.2) is 26.2 Å². The highest BCUT2D eigenvalue weighted by molar-refractivity contribution is 7.79. The molecule has 0 spiro atoms. The number of thiocarbonyl (C=S) groups is 1. The van der Waals surface area contributed by atoms with E-state index in [1.807, 2.05) is 0 Å². The van der Waals surface area contributed by atoms with E-state index in [-0.39, 0.29) is 5.75 Å². The zero-order chi connectivity index (χ0) is 8.53. The van der Waals surface area contributed by atoms with Crippen molar-refractivity contribution in [3.63, 3.8) is 0 Å². The third-order valence-corrected chi connectivity index (χ3v) is 1.90. The van der Waals surface area contributed by atoms with Crippen LogP contribution in [-0.2, 0) is 11.1 Å². The lowest BCUT2D eigenvalue weighted by Crippen LogP contribution is -1.95. The van der Waals surface area contributed by atoms with Gasteiger partial charge >= 0.3 is 0 Å². The van der Waals surface area contributed by atoms with Gasteiger partial charge in [-0.25, -0.2) is 4.99 Å². The Kier molecular flexibility index (Phi) is 7.95. The molecular formula is C6H10NO2S2-. The van der Waals surface area contributed by atoms with E-state index in [9.17, 15) is 8.76 Å². The molecule has 64 valence electrons. The van der Waals surface area contributed by atoms with Gasteiger partial charge in [-0.15, -0.1) is 0 Å². The second kappa shape index (κ2) is 8.01. The van der Waals surface area contributed by atoms with Gasteiger partial charge in [0.25, 0.3) is 0 Å². The first-order valence-electron chi connectivity index (χ1n) is 3.37. The number of aliphatic imine (C=N–C) groups is 1. The fraction of sp³-hybridized carbons (Fsp3) is 0.833. The molecule has 0 heterocycles. The van der Waals surface area contributed by atoms with Gasteiger partial charge in [0.15, 0.2) is 0 Å². The number of isothiocyanates is 1. The normalized spacial score (nSPS) is 12.1. The molecule has 11 heavy (non-hydrogen) atoms. The molecule has 0 aromatic carbocycles. The Morgan fingerprint density at radius 3 is 2.73 bits per heavy atom. The average molecular weight is 192 g/mol. The Morgan fingerprint density at radius 1 is 1.45 bits per heavy atom. The van der Waals surface area contributed by atoms with Crippen LogP contribution in [0.15, 0.2) is 4.99 Å². The van der Waals surface area contributed by atoms with Gasteiger partial charge in [0.1, 0.15) is 0 Å². The molecule has 0 bridgehead atoms. The quantitative estimate of drug-likeness (QED) is 0.274. The van der Waals surface area contributed by atoms with Crippen molar-refractivity contribution in [3.05, 3.63) is 0 Å². The van der Waals surface area contributed by atoms with E-state index in [4.69, 9.17) is 0 Å². The lowest BCUT2D eigenvalue weighted by molar-refractivity contribution is 0.533. The molecule has 0 fully saturated rings. The van der Waals surface area contributed by atoms with Crippen LogP contribution in [0.25, 0.3) is 0 Å². The van der Waals surface area contributed by atoms with Crippen LogP contribution < -0.4 is 0 Å². The van der Waals surface area contributed by atoms with E-state index in [1.165, 1.54) is 0 Å². The average Bonchev–Trinajstić information content (AvgIpc) is 1.96. The first-order chi connectivity index (χ1) is 5.27. The van der Waals surface area contributed by atoms with Crippen LogP contribution in [0.5, 0.6) is 0 Å². The van der Waals surface area contributed by atoms with Crippen molar-refractivity contribution < 1.29 is 8.76 Å². The van der Waals surface area contributed by atoms with Gasteiger partial charge in [0, 0.05) is 12.3 Å². The molecule has 5 heteroatoms. The minimum absolute atomic E-state index is 0.251. The summed E-state index contributed by atoms with van der Waals surface area (Å²) in [7, 11) is 0. The van der Waals surface area contributed by atoms with Crippen molar-refractivity contribution in [3.8, 4) is 0 Å². The summed E-state index contributed by atoms with van der Waals surface area (Å²) in [5.74, 6) is 0.251. The van der Waals surface area contributed by atoms with Crippen LogP contribution in [0.4, 0.5) is 0 Å². The molecule has 0 radical (unpaired) electrons. The monoisotopic (exact) mass is 192 g/mol. The first kappa shape index (κ1) is 10.9. The summed E-state index contributed by atoms with van der Waals surface area (Å²) in [4.78, 5) is 3.70. The molecule has 0 saturated heterocycles. The second-order valence-corrected chi connectivity index (χ2v) is 3.24. The van der Waals surface area contributed by atoms with E-state index in [1.54, 1.807) is 0 Å². The highest BCUT2D eigenvalue weighted by Gasteiger charge is 1.87. The zero-order valence-electron chi connectivity index (χ0n) is 6.12. The number of nitrogens with zero attached hydrogens (tertiary/aromatic N) is 1. The Bertz CT molecular complexity index is 162. The van der Waals surface area contributed by atoms with Crippen molar-refractivity contribution in [2.24, 2.45) is 4.99 Å². The predicted molar refractivity (Wildman–Crippen MR) is 47.5 cm³/mol. The molecule has 0 rings (SSSR count). The molecule has 1 unspecified atom stereocenters. The van der Waals surface area contributed by atoms with Gasteiger partial charge in [-0.1, -0.05) is 17.5 Å². The largest absolute Gasteiger partial charge is 0.772 e. The summed E-state index contributed by atoms with van der Waals surface area (Å²) in [5.41, 5.74) is 0.